The van der Waals surface area contributed by atoms with Crippen LogP contribution in [0.2, 0.25) is 0 Å². The third-order valence-corrected chi connectivity index (χ3v) is 4.14. The number of ether oxygens (including phenoxy) is 2. The normalized spacial score (nSPS) is 10.4. The largest absolute Gasteiger partial charge is 0.497 e. The number of hydrogen-bond acceptors (Lipinski definition) is 5. The molecule has 0 saturated heterocycles. The van der Waals surface area contributed by atoms with Gasteiger partial charge < -0.3 is 19.8 Å². The number of nitrogens with zero attached hydrogens (tertiary/aromatic N) is 1. The first-order valence-corrected chi connectivity index (χ1v) is 9.34. The summed E-state index contributed by atoms with van der Waals surface area (Å²) in [5, 5.41) is 2.75. The lowest BCUT2D eigenvalue weighted by Gasteiger charge is -2.08. The molecule has 3 rings (SSSR count). The first-order chi connectivity index (χ1) is 14.1. The van der Waals surface area contributed by atoms with Gasteiger partial charge in [0.25, 0.3) is 11.5 Å². The molecule has 2 N–H and O–H groups in total. The van der Waals surface area contributed by atoms with Crippen LogP contribution in [0.3, 0.4) is 0 Å². The molecule has 3 aromatic rings. The third kappa shape index (κ3) is 5.68. The van der Waals surface area contributed by atoms with Gasteiger partial charge in [0, 0.05) is 18.2 Å². The molecule has 0 spiro atoms. The molecular weight excluding hydrogens is 370 g/mol. The zero-order valence-corrected chi connectivity index (χ0v) is 16.4. The Morgan fingerprint density at radius 2 is 1.76 bits per heavy atom. The second kappa shape index (κ2) is 9.54. The summed E-state index contributed by atoms with van der Waals surface area (Å²) in [6.07, 6.45) is 1.31. The number of anilines is 1. The average Bonchev–Trinajstić information content (AvgIpc) is 2.73. The molecule has 0 aliphatic rings. The Hall–Kier alpha value is -3.61. The smallest absolute Gasteiger partial charge is 0.274 e. The van der Waals surface area contributed by atoms with Crippen LogP contribution in [0.4, 0.5) is 5.69 Å². The maximum absolute atomic E-state index is 12.5. The van der Waals surface area contributed by atoms with Gasteiger partial charge in [-0.05, 0) is 48.4 Å². The fourth-order valence-corrected chi connectivity index (χ4v) is 2.69. The highest BCUT2D eigenvalue weighted by Crippen LogP contribution is 2.17. The lowest BCUT2D eigenvalue weighted by Crippen LogP contribution is -2.20. The van der Waals surface area contributed by atoms with Crippen molar-refractivity contribution >= 4 is 11.6 Å². The number of aromatic amines is 1. The molecule has 0 saturated carbocycles. The summed E-state index contributed by atoms with van der Waals surface area (Å²) in [5.41, 5.74) is 1.22. The number of carbonyl (C=O) groups excluding carboxylic acids is 1. The Kier molecular flexibility index (Phi) is 6.63. The number of carbonyl (C=O) groups is 1. The second-order valence-electron chi connectivity index (χ2n) is 6.43. The monoisotopic (exact) mass is 393 g/mol. The molecule has 0 unspecified atom stereocenters. The van der Waals surface area contributed by atoms with E-state index in [1.807, 2.05) is 31.2 Å². The summed E-state index contributed by atoms with van der Waals surface area (Å²) >= 11 is 0. The molecule has 7 heteroatoms. The van der Waals surface area contributed by atoms with Crippen molar-refractivity contribution in [1.29, 1.82) is 0 Å². The maximum atomic E-state index is 12.5. The molecule has 150 valence electrons. The van der Waals surface area contributed by atoms with Crippen molar-refractivity contribution in [1.82, 2.24) is 9.97 Å². The molecule has 0 atom stereocenters. The number of benzene rings is 2. The third-order valence-electron chi connectivity index (χ3n) is 4.14. The van der Waals surface area contributed by atoms with Gasteiger partial charge in [-0.3, -0.25) is 9.59 Å². The zero-order chi connectivity index (χ0) is 20.6. The van der Waals surface area contributed by atoms with Gasteiger partial charge in [0.2, 0.25) is 0 Å². The van der Waals surface area contributed by atoms with Crippen LogP contribution < -0.4 is 20.3 Å². The van der Waals surface area contributed by atoms with E-state index in [9.17, 15) is 9.59 Å². The SMILES string of the molecule is CCCOc1ccc(NC(=O)c2cc(=O)[nH]c(Cc3ccc(OC)cc3)n2)cc1. The summed E-state index contributed by atoms with van der Waals surface area (Å²) in [4.78, 5) is 31.5. The number of rotatable bonds is 8. The van der Waals surface area contributed by atoms with Crippen molar-refractivity contribution < 1.29 is 14.3 Å². The Morgan fingerprint density at radius 3 is 2.41 bits per heavy atom. The fraction of sp³-hybridized carbons (Fsp3) is 0.227. The first kappa shape index (κ1) is 20.1. The van der Waals surface area contributed by atoms with Crippen LogP contribution >= 0.6 is 0 Å². The molecule has 1 amide bonds. The van der Waals surface area contributed by atoms with E-state index in [1.165, 1.54) is 6.07 Å². The minimum atomic E-state index is -0.450. The number of methoxy groups -OCH3 is 1. The molecule has 0 aliphatic heterocycles. The van der Waals surface area contributed by atoms with E-state index in [2.05, 4.69) is 15.3 Å². The minimum absolute atomic E-state index is 0.0589. The predicted octanol–water partition coefficient (Wildman–Crippen LogP) is 3.41. The maximum Gasteiger partial charge on any atom is 0.274 e. The van der Waals surface area contributed by atoms with Gasteiger partial charge >= 0.3 is 0 Å². The number of hydrogen-bond donors (Lipinski definition) is 2. The van der Waals surface area contributed by atoms with Gasteiger partial charge in [0.05, 0.1) is 13.7 Å². The molecule has 29 heavy (non-hydrogen) atoms. The van der Waals surface area contributed by atoms with Crippen LogP contribution in [0.25, 0.3) is 0 Å². The van der Waals surface area contributed by atoms with Crippen LogP contribution in [0.5, 0.6) is 11.5 Å². The van der Waals surface area contributed by atoms with Crippen molar-refractivity contribution in [2.24, 2.45) is 0 Å². The Bertz CT molecular complexity index is 1010. The molecular formula is C22H23N3O4. The number of amides is 1. The lowest BCUT2D eigenvalue weighted by molar-refractivity contribution is 0.102. The van der Waals surface area contributed by atoms with Gasteiger partial charge in [-0.1, -0.05) is 19.1 Å². The minimum Gasteiger partial charge on any atom is -0.497 e. The van der Waals surface area contributed by atoms with Gasteiger partial charge in [-0.15, -0.1) is 0 Å². The number of H-pyrrole nitrogens is 1. The van der Waals surface area contributed by atoms with Gasteiger partial charge in [-0.2, -0.15) is 0 Å². The van der Waals surface area contributed by atoms with E-state index in [0.29, 0.717) is 24.5 Å². The predicted molar refractivity (Wildman–Crippen MR) is 111 cm³/mol. The van der Waals surface area contributed by atoms with E-state index in [1.54, 1.807) is 31.4 Å². The highest BCUT2D eigenvalue weighted by atomic mass is 16.5. The van der Waals surface area contributed by atoms with Gasteiger partial charge in [0.15, 0.2) is 0 Å². The summed E-state index contributed by atoms with van der Waals surface area (Å²) in [6, 6.07) is 15.7. The Labute approximate surface area is 168 Å². The number of nitrogens with one attached hydrogen (secondary N) is 2. The quantitative estimate of drug-likeness (QED) is 0.612. The van der Waals surface area contributed by atoms with Crippen LogP contribution in [0.15, 0.2) is 59.4 Å². The van der Waals surface area contributed by atoms with Gasteiger partial charge in [0.1, 0.15) is 23.0 Å². The highest BCUT2D eigenvalue weighted by Gasteiger charge is 2.11. The van der Waals surface area contributed by atoms with E-state index in [-0.39, 0.29) is 11.3 Å². The summed E-state index contributed by atoms with van der Waals surface area (Å²) in [7, 11) is 1.60. The van der Waals surface area contributed by atoms with Crippen molar-refractivity contribution in [2.45, 2.75) is 19.8 Å². The van der Waals surface area contributed by atoms with E-state index in [0.717, 1.165) is 23.5 Å². The van der Waals surface area contributed by atoms with Crippen LogP contribution in [0, 0.1) is 0 Å². The first-order valence-electron chi connectivity index (χ1n) is 9.34. The van der Waals surface area contributed by atoms with Gasteiger partial charge in [-0.25, -0.2) is 4.98 Å². The Morgan fingerprint density at radius 1 is 1.07 bits per heavy atom. The van der Waals surface area contributed by atoms with Crippen LogP contribution in [0.1, 0.15) is 35.2 Å². The molecule has 1 heterocycles. The fourth-order valence-electron chi connectivity index (χ4n) is 2.69. The molecule has 0 bridgehead atoms. The highest BCUT2D eigenvalue weighted by molar-refractivity contribution is 6.02. The van der Waals surface area contributed by atoms with Crippen molar-refractivity contribution in [3.05, 3.63) is 82.0 Å². The van der Waals surface area contributed by atoms with E-state index >= 15 is 0 Å². The van der Waals surface area contributed by atoms with Crippen LogP contribution in [-0.4, -0.2) is 29.6 Å². The van der Waals surface area contributed by atoms with Crippen molar-refractivity contribution in [3.63, 3.8) is 0 Å². The summed E-state index contributed by atoms with van der Waals surface area (Å²) in [6.45, 7) is 2.67. The topological polar surface area (TPSA) is 93.3 Å². The number of aromatic nitrogens is 2. The van der Waals surface area contributed by atoms with Crippen LogP contribution in [-0.2, 0) is 6.42 Å². The second-order valence-corrected chi connectivity index (χ2v) is 6.43. The molecule has 1 aromatic heterocycles. The zero-order valence-electron chi connectivity index (χ0n) is 16.4. The molecule has 7 nitrogen and oxygen atoms in total. The molecule has 0 fully saturated rings. The standard InChI is InChI=1S/C22H23N3O4/c1-3-12-29-18-10-6-16(7-11-18)23-22(27)19-14-21(26)25-20(24-19)13-15-4-8-17(28-2)9-5-15/h4-11,14H,3,12-13H2,1-2H3,(H,23,27)(H,24,25,26). The van der Waals surface area contributed by atoms with Crippen molar-refractivity contribution in [3.8, 4) is 11.5 Å². The average molecular weight is 393 g/mol. The summed E-state index contributed by atoms with van der Waals surface area (Å²) < 4.78 is 10.7. The summed E-state index contributed by atoms with van der Waals surface area (Å²) in [5.74, 6) is 1.45. The van der Waals surface area contributed by atoms with Crippen molar-refractivity contribution in [2.75, 3.05) is 19.0 Å². The Balaban J connectivity index is 1.71. The molecule has 2 aromatic carbocycles. The lowest BCUT2D eigenvalue weighted by atomic mass is 10.1. The van der Waals surface area contributed by atoms with E-state index < -0.39 is 5.91 Å². The molecule has 0 aliphatic carbocycles. The van der Waals surface area contributed by atoms with E-state index in [4.69, 9.17) is 9.47 Å². The molecule has 0 radical (unpaired) electrons.